The zero-order chi connectivity index (χ0) is 16.5. The maximum atomic E-state index is 12.7. The Labute approximate surface area is 144 Å². The molecule has 6 heteroatoms. The highest BCUT2D eigenvalue weighted by Crippen LogP contribution is 2.32. The lowest BCUT2D eigenvalue weighted by molar-refractivity contribution is 0.205. The molecule has 1 aliphatic heterocycles. The van der Waals surface area contributed by atoms with Crippen LogP contribution in [0.4, 0.5) is 10.5 Å². The van der Waals surface area contributed by atoms with Crippen LogP contribution >= 0.6 is 11.6 Å². The second kappa shape index (κ2) is 6.17. The summed E-state index contributed by atoms with van der Waals surface area (Å²) in [5.41, 5.74) is 2.62. The molecule has 2 amide bonds. The summed E-state index contributed by atoms with van der Waals surface area (Å²) in [6, 6.07) is 14.9. The maximum absolute atomic E-state index is 12.7. The minimum Gasteiger partial charge on any atom is -0.340 e. The molecular weight excluding hydrogens is 324 g/mol. The van der Waals surface area contributed by atoms with Gasteiger partial charge in [0.25, 0.3) is 0 Å². The number of carbonyl (C=O) groups excluding carboxylic acids is 1. The molecule has 4 rings (SSSR count). The molecular formula is C18H17ClN4O. The number of anilines is 1. The molecule has 0 spiro atoms. The third-order valence-corrected chi connectivity index (χ3v) is 4.55. The van der Waals surface area contributed by atoms with Crippen molar-refractivity contribution in [3.63, 3.8) is 0 Å². The van der Waals surface area contributed by atoms with Crippen molar-refractivity contribution in [2.75, 3.05) is 11.9 Å². The second-order valence-corrected chi connectivity index (χ2v) is 6.37. The number of aromatic nitrogens is 2. The van der Waals surface area contributed by atoms with Gasteiger partial charge in [-0.2, -0.15) is 0 Å². The summed E-state index contributed by atoms with van der Waals surface area (Å²) in [6.07, 6.45) is 1.87. The number of rotatable bonds is 2. The van der Waals surface area contributed by atoms with Gasteiger partial charge in [0.05, 0.1) is 17.1 Å². The van der Waals surface area contributed by atoms with Crippen LogP contribution in [0.5, 0.6) is 0 Å². The topological polar surface area (TPSA) is 61.0 Å². The summed E-state index contributed by atoms with van der Waals surface area (Å²) in [5.74, 6) is 0.843. The highest BCUT2D eigenvalue weighted by molar-refractivity contribution is 6.30. The number of carbonyl (C=O) groups is 1. The molecule has 0 bridgehead atoms. The molecule has 1 saturated heterocycles. The Kier molecular flexibility index (Phi) is 3.86. The Hall–Kier alpha value is -2.53. The molecule has 1 fully saturated rings. The third kappa shape index (κ3) is 2.83. The number of urea groups is 1. The van der Waals surface area contributed by atoms with Gasteiger partial charge in [0, 0.05) is 17.3 Å². The monoisotopic (exact) mass is 340 g/mol. The van der Waals surface area contributed by atoms with Gasteiger partial charge in [-0.3, -0.25) is 0 Å². The summed E-state index contributed by atoms with van der Waals surface area (Å²) in [5, 5.41) is 3.52. The van der Waals surface area contributed by atoms with E-state index in [1.54, 1.807) is 12.1 Å². The average Bonchev–Trinajstić information content (AvgIpc) is 3.21. The van der Waals surface area contributed by atoms with Gasteiger partial charge in [0.15, 0.2) is 0 Å². The van der Waals surface area contributed by atoms with Crippen molar-refractivity contribution in [3.05, 3.63) is 59.4 Å². The predicted molar refractivity (Wildman–Crippen MR) is 95.2 cm³/mol. The number of halogens is 1. The molecule has 0 radical (unpaired) electrons. The number of aromatic amines is 1. The van der Waals surface area contributed by atoms with Crippen molar-refractivity contribution in [2.24, 2.45) is 0 Å². The number of H-pyrrole nitrogens is 1. The lowest BCUT2D eigenvalue weighted by Crippen LogP contribution is -2.34. The summed E-state index contributed by atoms with van der Waals surface area (Å²) >= 11 is 5.98. The van der Waals surface area contributed by atoms with E-state index in [-0.39, 0.29) is 12.1 Å². The smallest absolute Gasteiger partial charge is 0.322 e. The molecule has 1 aromatic heterocycles. The van der Waals surface area contributed by atoms with E-state index in [9.17, 15) is 4.79 Å². The largest absolute Gasteiger partial charge is 0.340 e. The van der Waals surface area contributed by atoms with Crippen LogP contribution in [0, 0.1) is 0 Å². The number of para-hydroxylation sites is 2. The first kappa shape index (κ1) is 15.0. The number of nitrogens with one attached hydrogen (secondary N) is 2. The van der Waals surface area contributed by atoms with Crippen LogP contribution in [0.3, 0.4) is 0 Å². The van der Waals surface area contributed by atoms with Gasteiger partial charge in [-0.25, -0.2) is 9.78 Å². The van der Waals surface area contributed by atoms with Gasteiger partial charge >= 0.3 is 6.03 Å². The molecule has 122 valence electrons. The van der Waals surface area contributed by atoms with Gasteiger partial charge in [-0.1, -0.05) is 29.8 Å². The SMILES string of the molecule is O=C(Nc1cccc(Cl)c1)N1CCC[C@H]1c1nc2ccccc2[nH]1. The Morgan fingerprint density at radius 1 is 1.25 bits per heavy atom. The molecule has 1 atom stereocenters. The number of benzene rings is 2. The zero-order valence-electron chi connectivity index (χ0n) is 13.0. The maximum Gasteiger partial charge on any atom is 0.322 e. The molecule has 2 aromatic carbocycles. The van der Waals surface area contributed by atoms with Gasteiger partial charge in [-0.15, -0.1) is 0 Å². The molecule has 24 heavy (non-hydrogen) atoms. The zero-order valence-corrected chi connectivity index (χ0v) is 13.8. The predicted octanol–water partition coefficient (Wildman–Crippen LogP) is 4.59. The number of amides is 2. The van der Waals surface area contributed by atoms with Crippen LogP contribution in [0.25, 0.3) is 11.0 Å². The highest BCUT2D eigenvalue weighted by Gasteiger charge is 2.32. The van der Waals surface area contributed by atoms with Crippen molar-refractivity contribution in [3.8, 4) is 0 Å². The first-order chi connectivity index (χ1) is 11.7. The summed E-state index contributed by atoms with van der Waals surface area (Å²) in [7, 11) is 0. The molecule has 3 aromatic rings. The molecule has 0 saturated carbocycles. The summed E-state index contributed by atoms with van der Waals surface area (Å²) < 4.78 is 0. The first-order valence-electron chi connectivity index (χ1n) is 7.98. The Bertz CT molecular complexity index is 858. The van der Waals surface area contributed by atoms with Crippen molar-refractivity contribution in [2.45, 2.75) is 18.9 Å². The standard InChI is InChI=1S/C18H17ClN4O/c19-12-5-3-6-13(11-12)20-18(24)23-10-4-9-16(23)17-21-14-7-1-2-8-15(14)22-17/h1-3,5-8,11,16H,4,9-10H2,(H,20,24)(H,21,22)/t16-/m0/s1. The number of hydrogen-bond donors (Lipinski definition) is 2. The van der Waals surface area contributed by atoms with E-state index >= 15 is 0 Å². The number of hydrogen-bond acceptors (Lipinski definition) is 2. The van der Waals surface area contributed by atoms with Crippen molar-refractivity contribution in [1.29, 1.82) is 0 Å². The van der Waals surface area contributed by atoms with Crippen molar-refractivity contribution >= 4 is 34.4 Å². The van der Waals surface area contributed by atoms with Crippen LogP contribution in [0.2, 0.25) is 5.02 Å². The molecule has 1 aliphatic rings. The average molecular weight is 341 g/mol. The fourth-order valence-electron chi connectivity index (χ4n) is 3.19. The fraction of sp³-hybridized carbons (Fsp3) is 0.222. The third-order valence-electron chi connectivity index (χ3n) is 4.31. The normalized spacial score (nSPS) is 17.4. The number of imidazole rings is 1. The minimum atomic E-state index is -0.125. The summed E-state index contributed by atoms with van der Waals surface area (Å²) in [6.45, 7) is 0.716. The molecule has 2 heterocycles. The number of nitrogens with zero attached hydrogens (tertiary/aromatic N) is 2. The Balaban J connectivity index is 1.56. The second-order valence-electron chi connectivity index (χ2n) is 5.93. The first-order valence-corrected chi connectivity index (χ1v) is 8.36. The van der Waals surface area contributed by atoms with Gasteiger partial charge in [0.2, 0.25) is 0 Å². The van der Waals surface area contributed by atoms with Crippen LogP contribution in [-0.4, -0.2) is 27.4 Å². The van der Waals surface area contributed by atoms with E-state index in [4.69, 9.17) is 11.6 Å². The highest BCUT2D eigenvalue weighted by atomic mass is 35.5. The lowest BCUT2D eigenvalue weighted by Gasteiger charge is -2.23. The van der Waals surface area contributed by atoms with Gasteiger partial charge < -0.3 is 15.2 Å². The summed E-state index contributed by atoms with van der Waals surface area (Å²) in [4.78, 5) is 22.5. The number of likely N-dealkylation sites (tertiary alicyclic amines) is 1. The fourth-order valence-corrected chi connectivity index (χ4v) is 3.38. The number of fused-ring (bicyclic) bond motifs is 1. The Morgan fingerprint density at radius 3 is 2.96 bits per heavy atom. The van der Waals surface area contributed by atoms with Crippen LogP contribution in [-0.2, 0) is 0 Å². The van der Waals surface area contributed by atoms with E-state index in [0.717, 1.165) is 29.7 Å². The molecule has 5 nitrogen and oxygen atoms in total. The minimum absolute atomic E-state index is 0.0309. The van der Waals surface area contributed by atoms with E-state index in [1.807, 2.05) is 41.3 Å². The molecule has 2 N–H and O–H groups in total. The quantitative estimate of drug-likeness (QED) is 0.717. The van der Waals surface area contributed by atoms with E-state index < -0.39 is 0 Å². The van der Waals surface area contributed by atoms with Crippen molar-refractivity contribution < 1.29 is 4.79 Å². The molecule has 0 aliphatic carbocycles. The van der Waals surface area contributed by atoms with Crippen LogP contribution in [0.1, 0.15) is 24.7 Å². The van der Waals surface area contributed by atoms with E-state index in [2.05, 4.69) is 15.3 Å². The van der Waals surface area contributed by atoms with E-state index in [0.29, 0.717) is 17.3 Å². The lowest BCUT2D eigenvalue weighted by atomic mass is 10.2. The van der Waals surface area contributed by atoms with Gasteiger partial charge in [0.1, 0.15) is 5.82 Å². The van der Waals surface area contributed by atoms with Gasteiger partial charge in [-0.05, 0) is 43.2 Å². The van der Waals surface area contributed by atoms with Crippen LogP contribution in [0.15, 0.2) is 48.5 Å². The van der Waals surface area contributed by atoms with E-state index in [1.165, 1.54) is 0 Å². The Morgan fingerprint density at radius 2 is 2.12 bits per heavy atom. The van der Waals surface area contributed by atoms with Crippen molar-refractivity contribution in [1.82, 2.24) is 14.9 Å². The van der Waals surface area contributed by atoms with Crippen LogP contribution < -0.4 is 5.32 Å². The molecule has 0 unspecified atom stereocenters.